The summed E-state index contributed by atoms with van der Waals surface area (Å²) >= 11 is 0. The van der Waals surface area contributed by atoms with Crippen LogP contribution in [-0.4, -0.2) is 39.7 Å². The maximum Gasteiger partial charge on any atom is 0.365 e. The number of ketones is 1. The van der Waals surface area contributed by atoms with Crippen LogP contribution in [0.4, 0.5) is 11.4 Å². The number of hydrogen-bond acceptors (Lipinski definition) is 7. The van der Waals surface area contributed by atoms with Crippen molar-refractivity contribution in [3.05, 3.63) is 96.1 Å². The number of ether oxygens (including phenoxy) is 1. The molecule has 0 spiro atoms. The van der Waals surface area contributed by atoms with E-state index in [0.29, 0.717) is 5.56 Å². The van der Waals surface area contributed by atoms with Crippen molar-refractivity contribution in [2.24, 2.45) is 0 Å². The van der Waals surface area contributed by atoms with Crippen LogP contribution >= 0.6 is 0 Å². The van der Waals surface area contributed by atoms with Crippen molar-refractivity contribution < 1.29 is 29.3 Å². The molecule has 1 atom stereocenters. The number of carbonyl (C=O) groups is 3. The van der Waals surface area contributed by atoms with Crippen LogP contribution in [0.2, 0.25) is 0 Å². The topological polar surface area (TPSA) is 116 Å². The van der Waals surface area contributed by atoms with E-state index < -0.39 is 35.1 Å². The minimum Gasteiger partial charge on any atom is -0.506 e. The summed E-state index contributed by atoms with van der Waals surface area (Å²) in [7, 11) is 0. The minimum absolute atomic E-state index is 0.0212. The Morgan fingerprint density at radius 2 is 1.49 bits per heavy atom. The lowest BCUT2D eigenvalue weighted by atomic mass is 9.95. The highest BCUT2D eigenvalue weighted by Gasteiger charge is 2.62. The molecule has 1 aliphatic heterocycles. The quantitative estimate of drug-likeness (QED) is 0.218. The van der Waals surface area contributed by atoms with Gasteiger partial charge in [0.25, 0.3) is 11.5 Å². The number of rotatable bonds is 6. The van der Waals surface area contributed by atoms with Gasteiger partial charge in [-0.1, -0.05) is 60.7 Å². The maximum absolute atomic E-state index is 13.5. The van der Waals surface area contributed by atoms with Gasteiger partial charge in [0.15, 0.2) is 0 Å². The molecule has 1 heterocycles. The summed E-state index contributed by atoms with van der Waals surface area (Å²) < 4.78 is 5.33. The van der Waals surface area contributed by atoms with Gasteiger partial charge in [-0.25, -0.2) is 4.79 Å². The van der Waals surface area contributed by atoms with Gasteiger partial charge in [-0.05, 0) is 43.7 Å². The molecule has 0 saturated carbocycles. The number of hydrogen-bond donors (Lipinski definition) is 3. The molecular formula is C27H24N2O6. The third kappa shape index (κ3) is 4.27. The second kappa shape index (κ2) is 9.44. The molecule has 0 radical (unpaired) electrons. The SMILES string of the molecule is CC(C)OC(=O)C1(O)/C(=C(/Nc2ccccc2O)c2ccccc2)C(=O)C(=O)N1c1ccccc1. The number of phenols is 1. The smallest absolute Gasteiger partial charge is 0.365 e. The van der Waals surface area contributed by atoms with Crippen LogP contribution in [-0.2, 0) is 19.1 Å². The van der Waals surface area contributed by atoms with Gasteiger partial charge in [-0.3, -0.25) is 14.5 Å². The lowest BCUT2D eigenvalue weighted by Crippen LogP contribution is -2.55. The largest absolute Gasteiger partial charge is 0.506 e. The maximum atomic E-state index is 13.5. The zero-order valence-corrected chi connectivity index (χ0v) is 19.1. The van der Waals surface area contributed by atoms with Crippen molar-refractivity contribution in [2.45, 2.75) is 25.7 Å². The fourth-order valence-electron chi connectivity index (χ4n) is 3.88. The molecule has 35 heavy (non-hydrogen) atoms. The molecule has 0 aliphatic carbocycles. The summed E-state index contributed by atoms with van der Waals surface area (Å²) in [5.41, 5.74) is -2.56. The fourth-order valence-corrected chi connectivity index (χ4v) is 3.88. The Balaban J connectivity index is 2.03. The Morgan fingerprint density at radius 1 is 0.914 bits per heavy atom. The van der Waals surface area contributed by atoms with Crippen molar-refractivity contribution in [3.8, 4) is 5.75 Å². The van der Waals surface area contributed by atoms with Crippen LogP contribution in [0.25, 0.3) is 5.70 Å². The van der Waals surface area contributed by atoms with Crippen molar-refractivity contribution in [1.29, 1.82) is 0 Å². The fraction of sp³-hybridized carbons (Fsp3) is 0.148. The van der Waals surface area contributed by atoms with Gasteiger partial charge in [0.05, 0.1) is 23.1 Å². The van der Waals surface area contributed by atoms with Crippen LogP contribution in [0.1, 0.15) is 19.4 Å². The standard InChI is InChI=1S/C27H24N2O6/c1-17(2)35-26(33)27(34)22(24(31)25(32)29(27)19-13-7-4-8-14-19)23(18-11-5-3-6-12-18)28-20-15-9-10-16-21(20)30/h3-17,28,30,34H,1-2H3/b23-22+. The average Bonchev–Trinajstić information content (AvgIpc) is 3.05. The van der Waals surface area contributed by atoms with E-state index in [2.05, 4.69) is 5.32 Å². The molecule has 1 saturated heterocycles. The van der Waals surface area contributed by atoms with Gasteiger partial charge in [0, 0.05) is 5.69 Å². The molecule has 8 nitrogen and oxygen atoms in total. The highest BCUT2D eigenvalue weighted by molar-refractivity contribution is 6.54. The van der Waals surface area contributed by atoms with Gasteiger partial charge in [-0.15, -0.1) is 0 Å². The zero-order chi connectivity index (χ0) is 25.2. The van der Waals surface area contributed by atoms with E-state index in [0.717, 1.165) is 4.90 Å². The van der Waals surface area contributed by atoms with Crippen molar-refractivity contribution in [1.82, 2.24) is 0 Å². The lowest BCUT2D eigenvalue weighted by molar-refractivity contribution is -0.165. The first kappa shape index (κ1) is 23.7. The number of phenolic OH excluding ortho intramolecular Hbond substituents is 1. The normalized spacial score (nSPS) is 19.1. The number of aromatic hydroxyl groups is 1. The van der Waals surface area contributed by atoms with Crippen molar-refractivity contribution in [2.75, 3.05) is 10.2 Å². The Labute approximate surface area is 202 Å². The second-order valence-electron chi connectivity index (χ2n) is 8.19. The monoisotopic (exact) mass is 472 g/mol. The number of aliphatic hydroxyl groups is 1. The molecule has 178 valence electrons. The van der Waals surface area contributed by atoms with Gasteiger partial charge >= 0.3 is 11.9 Å². The summed E-state index contributed by atoms with van der Waals surface area (Å²) in [5.74, 6) is -3.50. The van der Waals surface area contributed by atoms with Gasteiger partial charge in [0.2, 0.25) is 0 Å². The summed E-state index contributed by atoms with van der Waals surface area (Å²) in [6.07, 6.45) is -0.637. The Morgan fingerprint density at radius 3 is 2.09 bits per heavy atom. The molecule has 3 N–H and O–H groups in total. The molecule has 1 unspecified atom stereocenters. The van der Waals surface area contributed by atoms with E-state index >= 15 is 0 Å². The number of nitrogens with one attached hydrogen (secondary N) is 1. The number of Topliss-reactive ketones (excluding diaryl/α,β-unsaturated/α-hetero) is 1. The van der Waals surface area contributed by atoms with Crippen molar-refractivity contribution in [3.63, 3.8) is 0 Å². The molecular weight excluding hydrogens is 448 g/mol. The summed E-state index contributed by atoms with van der Waals surface area (Å²) in [6.45, 7) is 3.18. The van der Waals surface area contributed by atoms with E-state index in [1.807, 2.05) is 0 Å². The third-order valence-corrected chi connectivity index (χ3v) is 5.41. The molecule has 3 aromatic carbocycles. The first-order valence-corrected chi connectivity index (χ1v) is 11.0. The van der Waals surface area contributed by atoms with Gasteiger partial charge < -0.3 is 20.3 Å². The molecule has 0 aromatic heterocycles. The lowest BCUT2D eigenvalue weighted by Gasteiger charge is -2.32. The number of benzene rings is 3. The molecule has 4 rings (SSSR count). The van der Waals surface area contributed by atoms with E-state index in [9.17, 15) is 24.6 Å². The van der Waals surface area contributed by atoms with E-state index in [1.165, 1.54) is 18.2 Å². The Kier molecular flexibility index (Phi) is 6.40. The van der Waals surface area contributed by atoms with Crippen LogP contribution in [0, 0.1) is 0 Å². The third-order valence-electron chi connectivity index (χ3n) is 5.41. The summed E-state index contributed by atoms with van der Waals surface area (Å²) in [6, 6.07) is 22.6. The number of anilines is 2. The molecule has 0 bridgehead atoms. The van der Waals surface area contributed by atoms with Crippen molar-refractivity contribution >= 4 is 34.7 Å². The summed E-state index contributed by atoms with van der Waals surface area (Å²) in [5, 5.41) is 25.3. The second-order valence-corrected chi connectivity index (χ2v) is 8.19. The number of esters is 1. The van der Waals surface area contributed by atoms with Crippen LogP contribution < -0.4 is 10.2 Å². The van der Waals surface area contributed by atoms with Crippen LogP contribution in [0.5, 0.6) is 5.75 Å². The Hall–Kier alpha value is -4.43. The molecule has 3 aromatic rings. The van der Waals surface area contributed by atoms with Crippen LogP contribution in [0.15, 0.2) is 90.5 Å². The van der Waals surface area contributed by atoms with E-state index in [4.69, 9.17) is 4.74 Å². The predicted molar refractivity (Wildman–Crippen MR) is 130 cm³/mol. The first-order valence-electron chi connectivity index (χ1n) is 11.0. The van der Waals surface area contributed by atoms with E-state index in [-0.39, 0.29) is 22.8 Å². The number of amides is 1. The number of carbonyl (C=O) groups excluding carboxylic acids is 3. The van der Waals surface area contributed by atoms with Gasteiger partial charge in [-0.2, -0.15) is 0 Å². The summed E-state index contributed by atoms with van der Waals surface area (Å²) in [4.78, 5) is 40.9. The highest BCUT2D eigenvalue weighted by atomic mass is 16.6. The molecule has 8 heteroatoms. The molecule has 1 aliphatic rings. The first-order chi connectivity index (χ1) is 16.7. The van der Waals surface area contributed by atoms with Crippen LogP contribution in [0.3, 0.4) is 0 Å². The van der Waals surface area contributed by atoms with E-state index in [1.54, 1.807) is 80.6 Å². The number of para-hydroxylation sites is 3. The van der Waals surface area contributed by atoms with Gasteiger partial charge in [0.1, 0.15) is 5.75 Å². The Bertz CT molecular complexity index is 1300. The molecule has 1 amide bonds. The number of nitrogens with zero attached hydrogens (tertiary/aromatic N) is 1. The minimum atomic E-state index is -2.78. The predicted octanol–water partition coefficient (Wildman–Crippen LogP) is 3.47. The molecule has 1 fully saturated rings. The average molecular weight is 472 g/mol. The highest BCUT2D eigenvalue weighted by Crippen LogP contribution is 2.41. The zero-order valence-electron chi connectivity index (χ0n) is 19.1.